The maximum atomic E-state index is 11.4. The highest BCUT2D eigenvalue weighted by atomic mass is 79.9. The molecule has 23 heavy (non-hydrogen) atoms. The largest absolute Gasteiger partial charge is 0.455 e. The van der Waals surface area contributed by atoms with Crippen molar-refractivity contribution in [2.45, 2.75) is 13.3 Å². The number of nitro benzene ring substituents is 1. The maximum Gasteiger partial charge on any atom is 0.282 e. The molecule has 0 saturated heterocycles. The third-order valence-corrected chi connectivity index (χ3v) is 4.75. The third kappa shape index (κ3) is 4.12. The zero-order valence-electron chi connectivity index (χ0n) is 11.9. The van der Waals surface area contributed by atoms with Gasteiger partial charge in [0.25, 0.3) is 5.69 Å². The Hall–Kier alpha value is -1.40. The fourth-order valence-corrected chi connectivity index (χ4v) is 3.33. The summed E-state index contributed by atoms with van der Waals surface area (Å²) in [6.07, 6.45) is 0.455. The van der Waals surface area contributed by atoms with E-state index in [1.807, 2.05) is 0 Å². The fourth-order valence-electron chi connectivity index (χ4n) is 1.98. The molecule has 0 radical (unpaired) electrons. The number of nitrogens with zero attached hydrogens (tertiary/aromatic N) is 1. The Labute approximate surface area is 146 Å². The summed E-state index contributed by atoms with van der Waals surface area (Å²) in [4.78, 5) is 19.7. The van der Waals surface area contributed by atoms with Crippen LogP contribution in [0, 0.1) is 10.1 Å². The summed E-state index contributed by atoms with van der Waals surface area (Å²) in [5.41, 5.74) is 0.158. The van der Waals surface area contributed by atoms with Gasteiger partial charge in [-0.15, -0.1) is 0 Å². The molecule has 0 aliphatic heterocycles. The van der Waals surface area contributed by atoms with Gasteiger partial charge in [-0.2, -0.15) is 0 Å². The summed E-state index contributed by atoms with van der Waals surface area (Å²) < 4.78 is 17.9. The van der Waals surface area contributed by atoms with E-state index >= 15 is 0 Å². The van der Waals surface area contributed by atoms with E-state index in [2.05, 4.69) is 15.9 Å². The predicted octanol–water partition coefficient (Wildman–Crippen LogP) is 4.46. The van der Waals surface area contributed by atoms with Crippen molar-refractivity contribution in [3.05, 3.63) is 55.5 Å². The van der Waals surface area contributed by atoms with Crippen LogP contribution in [0.5, 0.6) is 11.5 Å². The van der Waals surface area contributed by atoms with Gasteiger partial charge in [0, 0.05) is 22.2 Å². The summed E-state index contributed by atoms with van der Waals surface area (Å²) >= 11 is 9.37. The number of rotatable bonds is 5. The molecule has 2 rings (SSSR count). The van der Waals surface area contributed by atoms with Gasteiger partial charge in [-0.1, -0.05) is 34.5 Å². The predicted molar refractivity (Wildman–Crippen MR) is 92.6 cm³/mol. The number of hydrogen-bond donors (Lipinski definition) is 1. The zero-order valence-corrected chi connectivity index (χ0v) is 15.2. The minimum atomic E-state index is -3.25. The Bertz CT molecular complexity index is 799. The normalized spacial score (nSPS) is 12.0. The van der Waals surface area contributed by atoms with Crippen LogP contribution in [-0.2, 0) is 11.0 Å². The van der Waals surface area contributed by atoms with Crippen LogP contribution in [0.25, 0.3) is 0 Å². The van der Waals surface area contributed by atoms with Crippen molar-refractivity contribution >= 4 is 46.6 Å². The van der Waals surface area contributed by atoms with Crippen LogP contribution >= 0.6 is 35.6 Å². The number of nitro groups is 1. The molecule has 0 fully saturated rings. The molecule has 1 atom stereocenters. The van der Waals surface area contributed by atoms with Gasteiger partial charge in [0.1, 0.15) is 16.8 Å². The van der Waals surface area contributed by atoms with Crippen molar-refractivity contribution in [3.63, 3.8) is 0 Å². The van der Waals surface area contributed by atoms with E-state index in [4.69, 9.17) is 16.3 Å². The second-order valence-corrected chi connectivity index (χ2v) is 7.04. The molecule has 1 unspecified atom stereocenters. The lowest BCUT2D eigenvalue weighted by atomic mass is 10.1. The molecule has 0 aliphatic carbocycles. The van der Waals surface area contributed by atoms with E-state index in [-0.39, 0.29) is 16.7 Å². The van der Waals surface area contributed by atoms with Gasteiger partial charge in [0.2, 0.25) is 8.03 Å². The van der Waals surface area contributed by atoms with Crippen molar-refractivity contribution in [1.29, 1.82) is 0 Å². The van der Waals surface area contributed by atoms with E-state index < -0.39 is 13.0 Å². The van der Waals surface area contributed by atoms with E-state index in [1.165, 1.54) is 12.1 Å². The van der Waals surface area contributed by atoms with Crippen molar-refractivity contribution in [1.82, 2.24) is 0 Å². The zero-order chi connectivity index (χ0) is 17.1. The summed E-state index contributed by atoms with van der Waals surface area (Å²) in [5, 5.41) is 11.2. The molecular weight excluding hydrogens is 408 g/mol. The third-order valence-electron chi connectivity index (χ3n) is 3.10. The lowest BCUT2D eigenvalue weighted by Gasteiger charge is -2.13. The van der Waals surface area contributed by atoms with Gasteiger partial charge in [0.15, 0.2) is 0 Å². The number of ether oxygens (including phenoxy) is 1. The van der Waals surface area contributed by atoms with Gasteiger partial charge in [-0.05, 0) is 24.6 Å². The van der Waals surface area contributed by atoms with Crippen molar-refractivity contribution in [2.75, 3.05) is 0 Å². The van der Waals surface area contributed by atoms with E-state index in [1.54, 1.807) is 25.1 Å². The first-order valence-corrected chi connectivity index (χ1v) is 9.03. The molecule has 6 nitrogen and oxygen atoms in total. The van der Waals surface area contributed by atoms with Crippen molar-refractivity contribution in [3.8, 4) is 11.5 Å². The van der Waals surface area contributed by atoms with Gasteiger partial charge < -0.3 is 9.63 Å². The minimum Gasteiger partial charge on any atom is -0.455 e. The average Bonchev–Trinajstić information content (AvgIpc) is 2.49. The Morgan fingerprint density at radius 2 is 2.04 bits per heavy atom. The Balaban J connectivity index is 2.55. The van der Waals surface area contributed by atoms with Gasteiger partial charge >= 0.3 is 0 Å². The highest BCUT2D eigenvalue weighted by Gasteiger charge is 2.22. The first kappa shape index (κ1) is 17.9. The number of benzene rings is 2. The van der Waals surface area contributed by atoms with Gasteiger partial charge in [-0.25, -0.2) is 0 Å². The summed E-state index contributed by atoms with van der Waals surface area (Å²) in [6.45, 7) is 1.80. The van der Waals surface area contributed by atoms with Crippen LogP contribution < -0.4 is 10.0 Å². The SMILES string of the molecule is CCc1cc([N+](=O)[O-])c([PH](=O)O)cc1Oc1ccc(Br)cc1Cl. The van der Waals surface area contributed by atoms with Crippen LogP contribution in [0.2, 0.25) is 5.02 Å². The fraction of sp³-hybridized carbons (Fsp3) is 0.143. The number of halogens is 2. The van der Waals surface area contributed by atoms with Gasteiger partial charge in [-0.3, -0.25) is 14.7 Å². The smallest absolute Gasteiger partial charge is 0.282 e. The monoisotopic (exact) mass is 419 g/mol. The molecule has 0 aromatic heterocycles. The first-order valence-electron chi connectivity index (χ1n) is 6.51. The number of aryl methyl sites for hydroxylation is 1. The Morgan fingerprint density at radius 3 is 2.57 bits per heavy atom. The molecule has 122 valence electrons. The molecule has 0 saturated carbocycles. The van der Waals surface area contributed by atoms with Crippen molar-refractivity contribution in [2.24, 2.45) is 0 Å². The molecule has 1 N–H and O–H groups in total. The standard InChI is InChI=1S/C14H12BrClNO5P/c1-2-8-5-11(17(18)19)14(23(20)21)7-13(8)22-12-4-3-9(15)6-10(12)16/h3-7,23H,2H2,1H3,(H,20,21). The number of hydrogen-bond acceptors (Lipinski definition) is 4. The molecule has 9 heteroatoms. The average molecular weight is 421 g/mol. The quantitative estimate of drug-likeness (QED) is 0.438. The summed E-state index contributed by atoms with van der Waals surface area (Å²) in [6, 6.07) is 7.50. The maximum absolute atomic E-state index is 11.4. The Morgan fingerprint density at radius 1 is 1.35 bits per heavy atom. The molecule has 0 heterocycles. The lowest BCUT2D eigenvalue weighted by molar-refractivity contribution is -0.383. The van der Waals surface area contributed by atoms with Crippen LogP contribution in [-0.4, -0.2) is 9.82 Å². The minimum absolute atomic E-state index is 0.250. The van der Waals surface area contributed by atoms with Gasteiger partial charge in [0.05, 0.1) is 9.95 Å². The molecule has 0 bridgehead atoms. The second-order valence-electron chi connectivity index (χ2n) is 4.57. The molecular formula is C14H12BrClNO5P. The van der Waals surface area contributed by atoms with E-state index in [9.17, 15) is 19.6 Å². The summed E-state index contributed by atoms with van der Waals surface area (Å²) in [7, 11) is -3.25. The molecule has 0 spiro atoms. The topological polar surface area (TPSA) is 89.7 Å². The molecule has 0 amide bonds. The highest BCUT2D eigenvalue weighted by Crippen LogP contribution is 2.36. The van der Waals surface area contributed by atoms with Crippen LogP contribution in [0.3, 0.4) is 0 Å². The lowest BCUT2D eigenvalue weighted by Crippen LogP contribution is -2.08. The van der Waals surface area contributed by atoms with Crippen LogP contribution in [0.1, 0.15) is 12.5 Å². The van der Waals surface area contributed by atoms with Crippen LogP contribution in [0.15, 0.2) is 34.8 Å². The second kappa shape index (κ2) is 7.45. The molecule has 2 aromatic carbocycles. The molecule has 2 aromatic rings. The Kier molecular flexibility index (Phi) is 5.81. The summed E-state index contributed by atoms with van der Waals surface area (Å²) in [5.74, 6) is 0.617. The first-order chi connectivity index (χ1) is 10.8. The van der Waals surface area contributed by atoms with E-state index in [0.717, 1.165) is 4.47 Å². The van der Waals surface area contributed by atoms with Crippen molar-refractivity contribution < 1.29 is 19.1 Å². The molecule has 0 aliphatic rings. The van der Waals surface area contributed by atoms with E-state index in [0.29, 0.717) is 22.8 Å². The van der Waals surface area contributed by atoms with Crippen LogP contribution in [0.4, 0.5) is 5.69 Å². The highest BCUT2D eigenvalue weighted by molar-refractivity contribution is 9.10.